The molecule has 0 radical (unpaired) electrons. The van der Waals surface area contributed by atoms with Crippen molar-refractivity contribution in [2.24, 2.45) is 5.16 Å². The first-order valence-electron chi connectivity index (χ1n) is 9.39. The van der Waals surface area contributed by atoms with Crippen LogP contribution in [0.1, 0.15) is 23.2 Å². The van der Waals surface area contributed by atoms with Crippen molar-refractivity contribution in [2.75, 3.05) is 12.4 Å². The van der Waals surface area contributed by atoms with Crippen LogP contribution in [0.25, 0.3) is 0 Å². The van der Waals surface area contributed by atoms with Gasteiger partial charge in [-0.15, -0.1) is 0 Å². The second-order valence-corrected chi connectivity index (χ2v) is 6.87. The van der Waals surface area contributed by atoms with E-state index in [2.05, 4.69) is 15.6 Å². The number of aromatic nitrogens is 2. The number of nitrogens with one attached hydrogen (secondary N) is 1. The van der Waals surface area contributed by atoms with Crippen molar-refractivity contribution in [1.29, 1.82) is 0 Å². The molecule has 1 aromatic heterocycles. The van der Waals surface area contributed by atoms with Crippen LogP contribution >= 0.6 is 0 Å². The van der Waals surface area contributed by atoms with Gasteiger partial charge in [-0.2, -0.15) is 5.10 Å². The van der Waals surface area contributed by atoms with Gasteiger partial charge < -0.3 is 14.9 Å². The number of benzene rings is 2. The smallest absolute Gasteiger partial charge is 0.269 e. The largest absolute Gasteiger partial charge is 0.497 e. The molecule has 0 aliphatic carbocycles. The summed E-state index contributed by atoms with van der Waals surface area (Å²) in [4.78, 5) is 17.9. The first-order valence-corrected chi connectivity index (χ1v) is 9.39. The molecule has 3 aromatic rings. The molecule has 0 spiro atoms. The minimum absolute atomic E-state index is 0.262. The van der Waals surface area contributed by atoms with Crippen LogP contribution in [0, 0.1) is 6.92 Å². The highest BCUT2D eigenvalue weighted by Crippen LogP contribution is 2.20. The number of anilines is 1. The van der Waals surface area contributed by atoms with E-state index in [9.17, 15) is 4.79 Å². The van der Waals surface area contributed by atoms with Gasteiger partial charge in [0, 0.05) is 18.2 Å². The monoisotopic (exact) mass is 390 g/mol. The number of oxime groups is 1. The normalized spacial score (nSPS) is 15.5. The van der Waals surface area contributed by atoms with Gasteiger partial charge in [-0.25, -0.2) is 0 Å². The molecule has 7 heteroatoms. The summed E-state index contributed by atoms with van der Waals surface area (Å²) in [5.74, 6) is 1.01. The summed E-state index contributed by atoms with van der Waals surface area (Å²) in [6, 6.07) is 19.4. The number of amides is 1. The summed E-state index contributed by atoms with van der Waals surface area (Å²) >= 11 is 0. The van der Waals surface area contributed by atoms with E-state index in [0.29, 0.717) is 18.8 Å². The molecule has 1 amide bonds. The Morgan fingerprint density at radius 3 is 2.69 bits per heavy atom. The van der Waals surface area contributed by atoms with Crippen LogP contribution in [0.4, 0.5) is 5.82 Å². The Morgan fingerprint density at radius 1 is 1.21 bits per heavy atom. The van der Waals surface area contributed by atoms with Gasteiger partial charge in [0.25, 0.3) is 5.91 Å². The summed E-state index contributed by atoms with van der Waals surface area (Å²) in [5.41, 5.74) is 3.75. The van der Waals surface area contributed by atoms with Crippen LogP contribution in [-0.4, -0.2) is 34.6 Å². The number of hydrogen-bond acceptors (Lipinski definition) is 5. The number of nitrogens with zero attached hydrogens (tertiary/aromatic N) is 3. The Bertz CT molecular complexity index is 1030. The molecule has 1 aliphatic rings. The van der Waals surface area contributed by atoms with E-state index in [1.54, 1.807) is 7.11 Å². The van der Waals surface area contributed by atoms with Gasteiger partial charge in [-0.3, -0.25) is 9.48 Å². The number of ether oxygens (including phenoxy) is 1. The maximum absolute atomic E-state index is 12.6. The summed E-state index contributed by atoms with van der Waals surface area (Å²) in [7, 11) is 1.62. The number of hydrogen-bond donors (Lipinski definition) is 1. The van der Waals surface area contributed by atoms with E-state index in [-0.39, 0.29) is 5.91 Å². The van der Waals surface area contributed by atoms with Crippen molar-refractivity contribution in [1.82, 2.24) is 9.78 Å². The maximum atomic E-state index is 12.6. The molecule has 0 saturated heterocycles. The summed E-state index contributed by atoms with van der Waals surface area (Å²) in [5, 5.41) is 11.4. The third-order valence-corrected chi connectivity index (χ3v) is 4.79. The lowest BCUT2D eigenvalue weighted by Crippen LogP contribution is -2.28. The first kappa shape index (κ1) is 18.7. The predicted molar refractivity (Wildman–Crippen MR) is 110 cm³/mol. The molecule has 29 heavy (non-hydrogen) atoms. The highest BCUT2D eigenvalue weighted by Gasteiger charge is 2.29. The molecule has 2 aromatic carbocycles. The Labute approximate surface area is 168 Å². The zero-order valence-electron chi connectivity index (χ0n) is 16.3. The van der Waals surface area contributed by atoms with Gasteiger partial charge in [0.05, 0.1) is 19.4 Å². The molecule has 0 bridgehead atoms. The molecule has 0 fully saturated rings. The number of aryl methyl sites for hydroxylation is 1. The number of carbonyl (C=O) groups is 1. The quantitative estimate of drug-likeness (QED) is 0.700. The second-order valence-electron chi connectivity index (χ2n) is 6.87. The van der Waals surface area contributed by atoms with Gasteiger partial charge in [0.1, 0.15) is 5.75 Å². The van der Waals surface area contributed by atoms with E-state index >= 15 is 0 Å². The minimum Gasteiger partial charge on any atom is -0.497 e. The van der Waals surface area contributed by atoms with Crippen LogP contribution in [0.2, 0.25) is 0 Å². The van der Waals surface area contributed by atoms with Crippen LogP contribution in [0.3, 0.4) is 0 Å². The van der Waals surface area contributed by atoms with Crippen molar-refractivity contribution in [3.8, 4) is 5.75 Å². The molecular formula is C22H22N4O3. The van der Waals surface area contributed by atoms with E-state index < -0.39 is 6.10 Å². The Kier molecular flexibility index (Phi) is 5.29. The molecule has 2 heterocycles. The average molecular weight is 390 g/mol. The van der Waals surface area contributed by atoms with Gasteiger partial charge in [0.2, 0.25) is 6.10 Å². The standard InChI is InChI=1S/C22H22N4O3/c1-15-12-21(24-26(15)14-16-6-4-3-5-7-16)23-22(27)20-13-19(25-29-20)17-8-10-18(28-2)11-9-17/h3-12,20H,13-14H2,1-2H3,(H,23,24,27). The zero-order chi connectivity index (χ0) is 20.2. The fourth-order valence-electron chi connectivity index (χ4n) is 3.17. The molecule has 7 nitrogen and oxygen atoms in total. The van der Waals surface area contributed by atoms with Gasteiger partial charge in [0.15, 0.2) is 5.82 Å². The van der Waals surface area contributed by atoms with Crippen molar-refractivity contribution in [3.63, 3.8) is 0 Å². The predicted octanol–water partition coefficient (Wildman–Crippen LogP) is 3.38. The highest BCUT2D eigenvalue weighted by atomic mass is 16.6. The molecule has 148 valence electrons. The Morgan fingerprint density at radius 2 is 1.97 bits per heavy atom. The minimum atomic E-state index is -0.674. The third kappa shape index (κ3) is 4.29. The van der Waals surface area contributed by atoms with Crippen molar-refractivity contribution < 1.29 is 14.4 Å². The molecule has 1 unspecified atom stereocenters. The van der Waals surface area contributed by atoms with Gasteiger partial charge in [-0.05, 0) is 42.3 Å². The number of rotatable bonds is 6. The molecule has 1 N–H and O–H groups in total. The van der Waals surface area contributed by atoms with Crippen molar-refractivity contribution in [3.05, 3.63) is 77.5 Å². The first-order chi connectivity index (χ1) is 14.1. The average Bonchev–Trinajstić information content (AvgIpc) is 3.36. The van der Waals surface area contributed by atoms with Crippen molar-refractivity contribution in [2.45, 2.75) is 26.0 Å². The van der Waals surface area contributed by atoms with Gasteiger partial charge in [-0.1, -0.05) is 35.5 Å². The van der Waals surface area contributed by atoms with E-state index in [4.69, 9.17) is 9.57 Å². The van der Waals surface area contributed by atoms with Gasteiger partial charge >= 0.3 is 0 Å². The lowest BCUT2D eigenvalue weighted by molar-refractivity contribution is -0.125. The zero-order valence-corrected chi connectivity index (χ0v) is 16.3. The lowest BCUT2D eigenvalue weighted by Gasteiger charge is -2.07. The van der Waals surface area contributed by atoms with Crippen molar-refractivity contribution >= 4 is 17.4 Å². The van der Waals surface area contributed by atoms with Crippen LogP contribution in [0.5, 0.6) is 5.75 Å². The summed E-state index contributed by atoms with van der Waals surface area (Å²) in [6.07, 6.45) is -0.270. The van der Waals surface area contributed by atoms with Crippen LogP contribution in [0.15, 0.2) is 65.8 Å². The molecule has 0 saturated carbocycles. The van der Waals surface area contributed by atoms with Crippen LogP contribution < -0.4 is 10.1 Å². The topological polar surface area (TPSA) is 77.7 Å². The lowest BCUT2D eigenvalue weighted by atomic mass is 10.0. The molecule has 1 aliphatic heterocycles. The SMILES string of the molecule is COc1ccc(C2=NOC(C(=O)Nc3cc(C)n(Cc4ccccc4)n3)C2)cc1. The fraction of sp³-hybridized carbons (Fsp3) is 0.227. The maximum Gasteiger partial charge on any atom is 0.269 e. The molecule has 4 rings (SSSR count). The second kappa shape index (κ2) is 8.18. The van der Waals surface area contributed by atoms with E-state index in [1.807, 2.05) is 72.3 Å². The van der Waals surface area contributed by atoms with E-state index in [0.717, 1.165) is 28.3 Å². The fourth-order valence-corrected chi connectivity index (χ4v) is 3.17. The summed E-state index contributed by atoms with van der Waals surface area (Å²) < 4.78 is 7.02. The van der Waals surface area contributed by atoms with E-state index in [1.165, 1.54) is 0 Å². The Hall–Kier alpha value is -3.61. The number of methoxy groups -OCH3 is 1. The molecule has 1 atom stereocenters. The van der Waals surface area contributed by atoms with Crippen LogP contribution in [-0.2, 0) is 16.2 Å². The highest BCUT2D eigenvalue weighted by molar-refractivity contribution is 6.06. The Balaban J connectivity index is 1.37. The third-order valence-electron chi connectivity index (χ3n) is 4.79. The number of carbonyl (C=O) groups excluding carboxylic acids is 1. The molecular weight excluding hydrogens is 368 g/mol. The summed E-state index contributed by atoms with van der Waals surface area (Å²) in [6.45, 7) is 2.61.